The fourth-order valence-corrected chi connectivity index (χ4v) is 9.97. The molecule has 0 fully saturated rings. The summed E-state index contributed by atoms with van der Waals surface area (Å²) in [6.45, 7) is 0. The van der Waals surface area contributed by atoms with Crippen molar-refractivity contribution >= 4 is 92.4 Å². The summed E-state index contributed by atoms with van der Waals surface area (Å²) in [7, 11) is 0. The zero-order valence-electron chi connectivity index (χ0n) is 31.2. The molecule has 0 aliphatic heterocycles. The second-order valence-electron chi connectivity index (χ2n) is 14.8. The van der Waals surface area contributed by atoms with Crippen LogP contribution in [-0.4, -0.2) is 0 Å². The minimum Gasteiger partial charge on any atom is -0.456 e. The van der Waals surface area contributed by atoms with E-state index in [4.69, 9.17) is 8.83 Å². The lowest BCUT2D eigenvalue weighted by atomic mass is 9.96. The van der Waals surface area contributed by atoms with Crippen LogP contribution in [0.15, 0.2) is 209 Å². The number of rotatable bonds is 6. The second kappa shape index (κ2) is 13.1. The van der Waals surface area contributed by atoms with Crippen molar-refractivity contribution in [1.29, 1.82) is 0 Å². The van der Waals surface area contributed by atoms with E-state index in [0.29, 0.717) is 0 Å². The van der Waals surface area contributed by atoms with Gasteiger partial charge in [0.1, 0.15) is 22.3 Å². The third-order valence-electron chi connectivity index (χ3n) is 11.5. The van der Waals surface area contributed by atoms with Crippen molar-refractivity contribution in [3.8, 4) is 33.4 Å². The Morgan fingerprint density at radius 3 is 1.86 bits per heavy atom. The number of hydrogen-bond donors (Lipinski definition) is 0. The smallest absolute Gasteiger partial charge is 0.144 e. The highest BCUT2D eigenvalue weighted by Crippen LogP contribution is 2.47. The molecule has 0 amide bonds. The van der Waals surface area contributed by atoms with E-state index in [1.807, 2.05) is 23.5 Å². The first-order valence-electron chi connectivity index (χ1n) is 19.6. The average Bonchev–Trinajstić information content (AvgIpc) is 3.98. The molecule has 3 heterocycles. The summed E-state index contributed by atoms with van der Waals surface area (Å²) in [4.78, 5) is 2.40. The van der Waals surface area contributed by atoms with Crippen LogP contribution in [0.3, 0.4) is 0 Å². The number of nitrogens with zero attached hydrogens (tertiary/aromatic N) is 1. The fraction of sp³-hybridized carbons (Fsp3) is 0. The van der Waals surface area contributed by atoms with Gasteiger partial charge in [-0.1, -0.05) is 140 Å². The molecule has 9 aromatic carbocycles. The molecule has 12 aromatic rings. The van der Waals surface area contributed by atoms with Gasteiger partial charge in [-0.3, -0.25) is 0 Å². The Labute approximate surface area is 338 Å². The molecule has 12 rings (SSSR count). The fourth-order valence-electron chi connectivity index (χ4n) is 8.77. The summed E-state index contributed by atoms with van der Waals surface area (Å²) >= 11 is 1.85. The maximum absolute atomic E-state index is 6.87. The number of fused-ring (bicyclic) bond motifs is 9. The Kier molecular flexibility index (Phi) is 7.40. The zero-order valence-corrected chi connectivity index (χ0v) is 32.0. The van der Waals surface area contributed by atoms with E-state index >= 15 is 0 Å². The Bertz CT molecular complexity index is 3500. The zero-order chi connectivity index (χ0) is 38.2. The molecule has 3 nitrogen and oxygen atoms in total. The Morgan fingerprint density at radius 2 is 1.02 bits per heavy atom. The van der Waals surface area contributed by atoms with Crippen molar-refractivity contribution < 1.29 is 8.83 Å². The summed E-state index contributed by atoms with van der Waals surface area (Å²) < 4.78 is 15.9. The Morgan fingerprint density at radius 1 is 0.362 bits per heavy atom. The van der Waals surface area contributed by atoms with E-state index in [1.54, 1.807) is 0 Å². The van der Waals surface area contributed by atoms with Crippen LogP contribution >= 0.6 is 11.3 Å². The molecule has 0 aliphatic rings. The minimum atomic E-state index is 0.849. The van der Waals surface area contributed by atoms with Gasteiger partial charge in [0.05, 0.1) is 10.4 Å². The van der Waals surface area contributed by atoms with Gasteiger partial charge in [-0.05, 0) is 88.5 Å². The van der Waals surface area contributed by atoms with Crippen molar-refractivity contribution in [2.45, 2.75) is 0 Å². The van der Waals surface area contributed by atoms with Gasteiger partial charge in [-0.25, -0.2) is 0 Å². The predicted molar refractivity (Wildman–Crippen MR) is 245 cm³/mol. The van der Waals surface area contributed by atoms with Gasteiger partial charge >= 0.3 is 0 Å². The predicted octanol–water partition coefficient (Wildman–Crippen LogP) is 16.3. The van der Waals surface area contributed by atoms with Crippen LogP contribution in [0.2, 0.25) is 0 Å². The number of anilines is 3. The van der Waals surface area contributed by atoms with Crippen molar-refractivity contribution in [2.75, 3.05) is 4.90 Å². The first kappa shape index (κ1) is 32.8. The highest BCUT2D eigenvalue weighted by atomic mass is 32.1. The molecule has 0 saturated carbocycles. The van der Waals surface area contributed by atoms with E-state index < -0.39 is 0 Å². The van der Waals surface area contributed by atoms with Gasteiger partial charge in [0.25, 0.3) is 0 Å². The van der Waals surface area contributed by atoms with Gasteiger partial charge in [-0.2, -0.15) is 0 Å². The van der Waals surface area contributed by atoms with Crippen molar-refractivity contribution in [1.82, 2.24) is 0 Å². The maximum atomic E-state index is 6.87. The number of hydrogen-bond acceptors (Lipinski definition) is 4. The number of benzene rings is 9. The van der Waals surface area contributed by atoms with Crippen LogP contribution in [0, 0.1) is 0 Å². The maximum Gasteiger partial charge on any atom is 0.144 e. The van der Waals surface area contributed by atoms with Crippen LogP contribution in [0.4, 0.5) is 17.1 Å². The molecular weight excluding hydrogens is 727 g/mol. The summed E-state index contributed by atoms with van der Waals surface area (Å²) in [6.07, 6.45) is 0. The lowest BCUT2D eigenvalue weighted by Gasteiger charge is -2.27. The molecule has 0 aliphatic carbocycles. The molecule has 0 atom stereocenters. The van der Waals surface area contributed by atoms with Crippen molar-refractivity contribution in [2.24, 2.45) is 0 Å². The lowest BCUT2D eigenvalue weighted by molar-refractivity contribution is 0.664. The molecule has 3 aromatic heterocycles. The monoisotopic (exact) mass is 759 g/mol. The molecular formula is C54H33NO2S. The lowest BCUT2D eigenvalue weighted by Crippen LogP contribution is -2.10. The van der Waals surface area contributed by atoms with Crippen LogP contribution in [-0.2, 0) is 0 Å². The van der Waals surface area contributed by atoms with Crippen LogP contribution in [0.25, 0.3) is 97.4 Å². The molecule has 0 spiro atoms. The second-order valence-corrected chi connectivity index (χ2v) is 15.9. The summed E-state index contributed by atoms with van der Waals surface area (Å²) in [6, 6.07) is 71.3. The van der Waals surface area contributed by atoms with E-state index in [0.717, 1.165) is 83.2 Å². The first-order chi connectivity index (χ1) is 28.7. The summed E-state index contributed by atoms with van der Waals surface area (Å²) in [5.74, 6) is 0. The first-order valence-corrected chi connectivity index (χ1v) is 20.4. The average molecular weight is 760 g/mol. The largest absolute Gasteiger partial charge is 0.456 e. The van der Waals surface area contributed by atoms with Crippen molar-refractivity contribution in [3.05, 3.63) is 200 Å². The highest BCUT2D eigenvalue weighted by molar-refractivity contribution is 7.26. The quantitative estimate of drug-likeness (QED) is 0.169. The van der Waals surface area contributed by atoms with E-state index in [9.17, 15) is 0 Å². The normalized spacial score (nSPS) is 11.8. The van der Waals surface area contributed by atoms with Crippen molar-refractivity contribution in [3.63, 3.8) is 0 Å². The van der Waals surface area contributed by atoms with Gasteiger partial charge in [0.15, 0.2) is 0 Å². The van der Waals surface area contributed by atoms with E-state index in [1.165, 1.54) is 31.3 Å². The topological polar surface area (TPSA) is 29.5 Å². The molecule has 4 heteroatoms. The summed E-state index contributed by atoms with van der Waals surface area (Å²) in [5.41, 5.74) is 13.6. The molecule has 0 saturated heterocycles. The van der Waals surface area contributed by atoms with Crippen LogP contribution in [0.1, 0.15) is 0 Å². The third-order valence-corrected chi connectivity index (χ3v) is 12.7. The standard InChI is InChI=1S/C54H33NO2S/c1-3-13-34(14-4-1)37-17-11-18-40(31-37)55(46-22-12-21-43-42-19-8-10-24-50(42)58-54(43)46)39-28-25-35(26-29-39)38-27-30-41-45-33-49-52(44-20-7-9-23-47(44)56-49)51(36-15-5-2-6-16-36)53(45)57-48(41)32-38/h1-33H. The number of para-hydroxylation sites is 1. The molecule has 58 heavy (non-hydrogen) atoms. The van der Waals surface area contributed by atoms with E-state index in [-0.39, 0.29) is 0 Å². The molecule has 0 bridgehead atoms. The van der Waals surface area contributed by atoms with Crippen LogP contribution in [0.5, 0.6) is 0 Å². The highest BCUT2D eigenvalue weighted by Gasteiger charge is 2.22. The molecule has 0 unspecified atom stereocenters. The number of thiophene rings is 1. The van der Waals surface area contributed by atoms with Crippen LogP contribution < -0.4 is 4.90 Å². The Balaban J connectivity index is 0.995. The SMILES string of the molecule is c1ccc(-c2cccc(N(c3ccc(-c4ccc5c(c4)oc4c(-c6ccccc6)c6c(cc45)oc4ccccc46)cc3)c3cccc4c3sc3ccccc34)c2)cc1. The van der Waals surface area contributed by atoms with E-state index in [2.05, 4.69) is 193 Å². The minimum absolute atomic E-state index is 0.849. The summed E-state index contributed by atoms with van der Waals surface area (Å²) in [5, 5.41) is 6.84. The third kappa shape index (κ3) is 5.19. The van der Waals surface area contributed by atoms with Gasteiger partial charge in [-0.15, -0.1) is 11.3 Å². The van der Waals surface area contributed by atoms with Gasteiger partial charge < -0.3 is 13.7 Å². The molecule has 0 radical (unpaired) electrons. The molecule has 272 valence electrons. The van der Waals surface area contributed by atoms with Gasteiger partial charge in [0, 0.05) is 54.0 Å². The number of furan rings is 2. The van der Waals surface area contributed by atoms with Gasteiger partial charge in [0.2, 0.25) is 0 Å². The molecule has 0 N–H and O–H groups in total. The Hall–Kier alpha value is -7.40.